The highest BCUT2D eigenvalue weighted by Gasteiger charge is 2.28. The molecule has 0 radical (unpaired) electrons. The number of aryl methyl sites for hydroxylation is 1. The summed E-state index contributed by atoms with van der Waals surface area (Å²) >= 11 is 0. The van der Waals surface area contributed by atoms with E-state index in [0.29, 0.717) is 47.7 Å². The molecule has 3 aromatic heterocycles. The zero-order chi connectivity index (χ0) is 22.0. The van der Waals surface area contributed by atoms with Gasteiger partial charge in [0.1, 0.15) is 16.6 Å². The molecule has 10 nitrogen and oxygen atoms in total. The van der Waals surface area contributed by atoms with Crippen LogP contribution in [0.1, 0.15) is 58.6 Å². The van der Waals surface area contributed by atoms with Crippen molar-refractivity contribution in [3.63, 3.8) is 0 Å². The molecule has 0 aliphatic heterocycles. The molecule has 0 aromatic carbocycles. The Kier molecular flexibility index (Phi) is 6.10. The molecule has 31 heavy (non-hydrogen) atoms. The number of imidazole rings is 1. The second-order valence-corrected chi connectivity index (χ2v) is 8.54. The van der Waals surface area contributed by atoms with E-state index in [0.717, 1.165) is 18.5 Å². The Morgan fingerprint density at radius 2 is 2.10 bits per heavy atom. The molecule has 10 heteroatoms. The molecule has 168 valence electrons. The largest absolute Gasteiger partial charge is 0.490 e. The molecule has 0 atom stereocenters. The maximum Gasteiger partial charge on any atom is 0.199 e. The number of fused-ring (bicyclic) bond motifs is 1. The second kappa shape index (κ2) is 8.80. The molecule has 0 amide bonds. The summed E-state index contributed by atoms with van der Waals surface area (Å²) in [4.78, 5) is 9.19. The first kappa shape index (κ1) is 21.5. The highest BCUT2D eigenvalue weighted by molar-refractivity contribution is 5.88. The lowest BCUT2D eigenvalue weighted by Crippen LogP contribution is -2.27. The average molecular weight is 430 g/mol. The summed E-state index contributed by atoms with van der Waals surface area (Å²) in [6.07, 6.45) is 7.71. The number of aliphatic hydroxyl groups is 1. The quantitative estimate of drug-likeness (QED) is 0.438. The van der Waals surface area contributed by atoms with E-state index in [1.807, 2.05) is 11.5 Å². The van der Waals surface area contributed by atoms with E-state index < -0.39 is 5.60 Å². The molecule has 1 saturated carbocycles. The van der Waals surface area contributed by atoms with E-state index in [2.05, 4.69) is 20.6 Å². The van der Waals surface area contributed by atoms with Crippen LogP contribution in [0.3, 0.4) is 0 Å². The van der Waals surface area contributed by atoms with E-state index >= 15 is 0 Å². The third-order valence-corrected chi connectivity index (χ3v) is 5.72. The molecule has 0 saturated heterocycles. The van der Waals surface area contributed by atoms with Crippen LogP contribution in [-0.4, -0.2) is 49.1 Å². The first-order valence-corrected chi connectivity index (χ1v) is 11.0. The highest BCUT2D eigenvalue weighted by Crippen LogP contribution is 2.36. The number of anilines is 1. The standard InChI is InChI=1S/C21H31N7O3/c1-4-28-17-14(30-11-7-10-23-13-8-5-6-9-13)12-24-18(21(2,3)29)15(17)25-20(28)16-19(22)27-31-26-16/h12-13,23,29H,4-11H2,1-3H3,(H2,22,27). The summed E-state index contributed by atoms with van der Waals surface area (Å²) in [5, 5.41) is 21.8. The average Bonchev–Trinajstić information content (AvgIpc) is 3.45. The fraction of sp³-hybridized carbons (Fsp3) is 0.619. The molecular weight excluding hydrogens is 398 g/mol. The SMILES string of the molecule is CCn1c(-c2nonc2N)nc2c(C(C)(C)O)ncc(OCCCNC3CCCC3)c21. The van der Waals surface area contributed by atoms with Crippen molar-refractivity contribution < 1.29 is 14.5 Å². The van der Waals surface area contributed by atoms with Crippen LogP contribution in [0.15, 0.2) is 10.8 Å². The maximum atomic E-state index is 10.7. The highest BCUT2D eigenvalue weighted by atomic mass is 16.6. The summed E-state index contributed by atoms with van der Waals surface area (Å²) < 4.78 is 12.8. The molecule has 1 aliphatic rings. The minimum Gasteiger partial charge on any atom is -0.490 e. The molecule has 3 heterocycles. The van der Waals surface area contributed by atoms with Gasteiger partial charge >= 0.3 is 0 Å². The van der Waals surface area contributed by atoms with Crippen LogP contribution in [0, 0.1) is 0 Å². The van der Waals surface area contributed by atoms with Gasteiger partial charge in [-0.2, -0.15) is 0 Å². The van der Waals surface area contributed by atoms with E-state index in [1.54, 1.807) is 20.0 Å². The molecule has 1 fully saturated rings. The molecule has 4 rings (SSSR count). The molecule has 4 N–H and O–H groups in total. The fourth-order valence-corrected chi connectivity index (χ4v) is 4.20. The molecule has 0 spiro atoms. The first-order valence-electron chi connectivity index (χ1n) is 11.0. The summed E-state index contributed by atoms with van der Waals surface area (Å²) in [5.74, 6) is 1.27. The molecular formula is C21H31N7O3. The van der Waals surface area contributed by atoms with Crippen LogP contribution in [0.2, 0.25) is 0 Å². The predicted molar refractivity (Wildman–Crippen MR) is 117 cm³/mol. The minimum atomic E-state index is -1.18. The smallest absolute Gasteiger partial charge is 0.199 e. The van der Waals surface area contributed by atoms with Gasteiger partial charge in [0.25, 0.3) is 0 Å². The third-order valence-electron chi connectivity index (χ3n) is 5.72. The maximum absolute atomic E-state index is 10.7. The van der Waals surface area contributed by atoms with Crippen molar-refractivity contribution in [1.82, 2.24) is 30.2 Å². The Labute approximate surface area is 181 Å². The Morgan fingerprint density at radius 1 is 1.32 bits per heavy atom. The number of nitrogen functional groups attached to an aromatic ring is 1. The van der Waals surface area contributed by atoms with Crippen LogP contribution < -0.4 is 15.8 Å². The number of nitrogens with two attached hydrogens (primary N) is 1. The van der Waals surface area contributed by atoms with Crippen molar-refractivity contribution in [3.05, 3.63) is 11.9 Å². The number of hydrogen-bond acceptors (Lipinski definition) is 9. The first-order chi connectivity index (χ1) is 14.9. The van der Waals surface area contributed by atoms with Gasteiger partial charge in [-0.05, 0) is 56.9 Å². The molecule has 0 bridgehead atoms. The topological polar surface area (TPSA) is 137 Å². The van der Waals surface area contributed by atoms with E-state index in [4.69, 9.17) is 20.1 Å². The van der Waals surface area contributed by atoms with Crippen molar-refractivity contribution >= 4 is 16.9 Å². The second-order valence-electron chi connectivity index (χ2n) is 8.54. The summed E-state index contributed by atoms with van der Waals surface area (Å²) in [5.41, 5.74) is 6.85. The van der Waals surface area contributed by atoms with Gasteiger partial charge in [0.05, 0.1) is 18.5 Å². The number of nitrogens with zero attached hydrogens (tertiary/aromatic N) is 5. The number of pyridine rings is 1. The van der Waals surface area contributed by atoms with Gasteiger partial charge in [0, 0.05) is 12.6 Å². The molecule has 1 aliphatic carbocycles. The van der Waals surface area contributed by atoms with Gasteiger partial charge in [0.2, 0.25) is 0 Å². The number of nitrogens with one attached hydrogen (secondary N) is 1. The number of rotatable bonds is 9. The van der Waals surface area contributed by atoms with Crippen LogP contribution in [0.5, 0.6) is 5.75 Å². The van der Waals surface area contributed by atoms with Gasteiger partial charge in [-0.15, -0.1) is 0 Å². The van der Waals surface area contributed by atoms with Gasteiger partial charge in [-0.1, -0.05) is 12.8 Å². The van der Waals surface area contributed by atoms with Crippen molar-refractivity contribution in [2.45, 2.75) is 71.1 Å². The molecule has 3 aromatic rings. The monoisotopic (exact) mass is 429 g/mol. The van der Waals surface area contributed by atoms with Crippen molar-refractivity contribution in [1.29, 1.82) is 0 Å². The predicted octanol–water partition coefficient (Wildman–Crippen LogP) is 2.61. The Morgan fingerprint density at radius 3 is 2.74 bits per heavy atom. The third kappa shape index (κ3) is 4.35. The number of aromatic nitrogens is 5. The summed E-state index contributed by atoms with van der Waals surface area (Å²) in [6.45, 7) is 7.42. The molecule has 0 unspecified atom stereocenters. The van der Waals surface area contributed by atoms with Crippen LogP contribution in [0.4, 0.5) is 5.82 Å². The number of hydrogen-bond donors (Lipinski definition) is 3. The lowest BCUT2D eigenvalue weighted by atomic mass is 10.0. The van der Waals surface area contributed by atoms with Crippen LogP contribution >= 0.6 is 0 Å². The van der Waals surface area contributed by atoms with Gasteiger partial charge < -0.3 is 25.5 Å². The Balaban J connectivity index is 1.63. The lowest BCUT2D eigenvalue weighted by Gasteiger charge is -2.18. The lowest BCUT2D eigenvalue weighted by molar-refractivity contribution is 0.0753. The van der Waals surface area contributed by atoms with E-state index in [1.165, 1.54) is 25.7 Å². The zero-order valence-electron chi connectivity index (χ0n) is 18.4. The number of ether oxygens (including phenoxy) is 1. The Bertz CT molecular complexity index is 1030. The Hall–Kier alpha value is -2.72. The van der Waals surface area contributed by atoms with Crippen LogP contribution in [0.25, 0.3) is 22.6 Å². The zero-order valence-corrected chi connectivity index (χ0v) is 18.4. The van der Waals surface area contributed by atoms with E-state index in [-0.39, 0.29) is 5.82 Å². The van der Waals surface area contributed by atoms with Crippen LogP contribution in [-0.2, 0) is 12.1 Å². The summed E-state index contributed by atoms with van der Waals surface area (Å²) in [6, 6.07) is 0.644. The van der Waals surface area contributed by atoms with Gasteiger partial charge in [-0.25, -0.2) is 9.61 Å². The van der Waals surface area contributed by atoms with Crippen molar-refractivity contribution in [2.75, 3.05) is 18.9 Å². The van der Waals surface area contributed by atoms with Gasteiger partial charge in [0.15, 0.2) is 23.1 Å². The van der Waals surface area contributed by atoms with Gasteiger partial charge in [-0.3, -0.25) is 4.98 Å². The van der Waals surface area contributed by atoms with E-state index in [9.17, 15) is 5.11 Å². The van der Waals surface area contributed by atoms with Crippen molar-refractivity contribution in [2.24, 2.45) is 0 Å². The normalized spacial score (nSPS) is 15.2. The van der Waals surface area contributed by atoms with Crippen molar-refractivity contribution in [3.8, 4) is 17.3 Å². The minimum absolute atomic E-state index is 0.156. The fourth-order valence-electron chi connectivity index (χ4n) is 4.20. The summed E-state index contributed by atoms with van der Waals surface area (Å²) in [7, 11) is 0.